The molecule has 19 heavy (non-hydrogen) atoms. The van der Waals surface area contributed by atoms with Gasteiger partial charge in [-0.3, -0.25) is 0 Å². The first kappa shape index (κ1) is 13.1. The molecule has 0 aliphatic rings. The Morgan fingerprint density at radius 1 is 0.789 bits per heavy atom. The Hall–Kier alpha value is -0.860. The molecule has 0 radical (unpaired) electrons. The molecule has 0 atom stereocenters. The van der Waals surface area contributed by atoms with Gasteiger partial charge in [0, 0.05) is 8.95 Å². The lowest BCUT2D eigenvalue weighted by molar-refractivity contribution is 1.15. The molecule has 0 N–H and O–H groups in total. The van der Waals surface area contributed by atoms with Crippen LogP contribution in [0.15, 0.2) is 45.3 Å². The molecule has 3 aromatic rings. The summed E-state index contributed by atoms with van der Waals surface area (Å²) < 4.78 is 2.38. The maximum absolute atomic E-state index is 3.78. The van der Waals surface area contributed by atoms with Crippen LogP contribution >= 0.6 is 31.9 Å². The second kappa shape index (κ2) is 4.92. The number of hydrogen-bond donors (Lipinski definition) is 0. The van der Waals surface area contributed by atoms with Crippen molar-refractivity contribution in [2.75, 3.05) is 0 Å². The summed E-state index contributed by atoms with van der Waals surface area (Å²) in [6, 6.07) is 13.3. The maximum Gasteiger partial charge on any atom is 0.0333 e. The van der Waals surface area contributed by atoms with Crippen LogP contribution in [0, 0.1) is 6.92 Å². The van der Waals surface area contributed by atoms with Gasteiger partial charge in [0.1, 0.15) is 0 Å². The van der Waals surface area contributed by atoms with E-state index in [2.05, 4.69) is 82.1 Å². The topological polar surface area (TPSA) is 0 Å². The third kappa shape index (κ3) is 2.11. The molecule has 0 fully saturated rings. The molecule has 0 heterocycles. The monoisotopic (exact) mass is 376 g/mol. The predicted octanol–water partition coefficient (Wildman–Crippen LogP) is 6.39. The number of fused-ring (bicyclic) bond motifs is 2. The molecule has 0 bridgehead atoms. The molecule has 0 spiro atoms. The van der Waals surface area contributed by atoms with Gasteiger partial charge in [0.2, 0.25) is 0 Å². The minimum atomic E-state index is 1.06. The highest BCUT2D eigenvalue weighted by atomic mass is 79.9. The molecule has 0 nitrogen and oxygen atoms in total. The summed E-state index contributed by atoms with van der Waals surface area (Å²) in [5, 5.41) is 5.08. The van der Waals surface area contributed by atoms with E-state index in [9.17, 15) is 0 Å². The van der Waals surface area contributed by atoms with Crippen LogP contribution in [0.3, 0.4) is 0 Å². The molecule has 0 unspecified atom stereocenters. The molecule has 0 aromatic heterocycles. The predicted molar refractivity (Wildman–Crippen MR) is 91.0 cm³/mol. The van der Waals surface area contributed by atoms with Crippen molar-refractivity contribution in [3.05, 3.63) is 56.5 Å². The largest absolute Gasteiger partial charge is 0.0613 e. The first-order chi connectivity index (χ1) is 9.11. The van der Waals surface area contributed by atoms with Crippen LogP contribution in [-0.4, -0.2) is 0 Å². The first-order valence-corrected chi connectivity index (χ1v) is 8.00. The van der Waals surface area contributed by atoms with Crippen molar-refractivity contribution in [3.8, 4) is 0 Å². The maximum atomic E-state index is 3.78. The van der Waals surface area contributed by atoms with Gasteiger partial charge in [0.05, 0.1) is 0 Å². The van der Waals surface area contributed by atoms with Crippen molar-refractivity contribution in [2.45, 2.75) is 20.3 Å². The summed E-state index contributed by atoms with van der Waals surface area (Å²) >= 11 is 7.56. The smallest absolute Gasteiger partial charge is 0.0333 e. The first-order valence-electron chi connectivity index (χ1n) is 6.41. The van der Waals surface area contributed by atoms with Crippen LogP contribution in [0.4, 0.5) is 0 Å². The number of aryl methyl sites for hydroxylation is 2. The van der Waals surface area contributed by atoms with Gasteiger partial charge in [0.25, 0.3) is 0 Å². The molecular formula is C17H14Br2. The van der Waals surface area contributed by atoms with Crippen molar-refractivity contribution < 1.29 is 0 Å². The molecule has 2 heteroatoms. The van der Waals surface area contributed by atoms with Gasteiger partial charge in [-0.1, -0.05) is 42.8 Å². The van der Waals surface area contributed by atoms with Gasteiger partial charge in [-0.2, -0.15) is 0 Å². The Kier molecular flexibility index (Phi) is 3.40. The van der Waals surface area contributed by atoms with E-state index in [1.807, 2.05) is 0 Å². The fourth-order valence-electron chi connectivity index (χ4n) is 2.51. The van der Waals surface area contributed by atoms with E-state index in [4.69, 9.17) is 0 Å². The van der Waals surface area contributed by atoms with E-state index in [0.717, 1.165) is 6.42 Å². The SMILES string of the molecule is CCc1ccc2c(Br)c3cc(C)ccc3c(Br)c2c1. The zero-order chi connectivity index (χ0) is 13.6. The van der Waals surface area contributed by atoms with Crippen molar-refractivity contribution in [2.24, 2.45) is 0 Å². The lowest BCUT2D eigenvalue weighted by atomic mass is 10.00. The minimum absolute atomic E-state index is 1.06. The zero-order valence-electron chi connectivity index (χ0n) is 10.9. The second-order valence-electron chi connectivity index (χ2n) is 4.91. The van der Waals surface area contributed by atoms with Crippen molar-refractivity contribution in [1.29, 1.82) is 0 Å². The fourth-order valence-corrected chi connectivity index (χ4v) is 3.85. The summed E-state index contributed by atoms with van der Waals surface area (Å²) in [6.07, 6.45) is 1.06. The number of halogens is 2. The number of benzene rings is 3. The molecule has 0 aliphatic carbocycles. The Bertz CT molecular complexity index is 788. The Labute approximate surface area is 130 Å². The third-order valence-electron chi connectivity index (χ3n) is 3.61. The van der Waals surface area contributed by atoms with Gasteiger partial charge in [0.15, 0.2) is 0 Å². The number of rotatable bonds is 1. The molecule has 0 amide bonds. The highest BCUT2D eigenvalue weighted by molar-refractivity contribution is 9.11. The van der Waals surface area contributed by atoms with E-state index < -0.39 is 0 Å². The Morgan fingerprint density at radius 3 is 2.00 bits per heavy atom. The van der Waals surface area contributed by atoms with Gasteiger partial charge in [-0.15, -0.1) is 0 Å². The lowest BCUT2D eigenvalue weighted by Gasteiger charge is -2.11. The van der Waals surface area contributed by atoms with E-state index in [1.165, 1.54) is 41.6 Å². The summed E-state index contributed by atoms with van der Waals surface area (Å²) in [5.41, 5.74) is 2.65. The number of hydrogen-bond acceptors (Lipinski definition) is 0. The van der Waals surface area contributed by atoms with Crippen molar-refractivity contribution in [1.82, 2.24) is 0 Å². The lowest BCUT2D eigenvalue weighted by Crippen LogP contribution is -1.86. The average molecular weight is 378 g/mol. The standard InChI is InChI=1S/C17H14Br2/c1-3-11-5-7-13-15(9-11)17(19)12-6-4-10(2)8-14(12)16(13)18/h4-9H,3H2,1-2H3. The Morgan fingerprint density at radius 2 is 1.37 bits per heavy atom. The normalized spacial score (nSPS) is 11.4. The Balaban J connectivity index is 2.52. The molecule has 3 rings (SSSR count). The van der Waals surface area contributed by atoms with Crippen molar-refractivity contribution >= 4 is 53.4 Å². The van der Waals surface area contributed by atoms with Gasteiger partial charge >= 0.3 is 0 Å². The molecule has 0 aliphatic heterocycles. The van der Waals surface area contributed by atoms with Crippen LogP contribution < -0.4 is 0 Å². The van der Waals surface area contributed by atoms with Crippen LogP contribution in [0.1, 0.15) is 18.1 Å². The quantitative estimate of drug-likeness (QED) is 0.431. The summed E-state index contributed by atoms with van der Waals surface area (Å²) in [7, 11) is 0. The minimum Gasteiger partial charge on any atom is -0.0613 e. The second-order valence-corrected chi connectivity index (χ2v) is 6.50. The summed E-state index contributed by atoms with van der Waals surface area (Å²) in [4.78, 5) is 0. The van der Waals surface area contributed by atoms with E-state index >= 15 is 0 Å². The fraction of sp³-hybridized carbons (Fsp3) is 0.176. The molecule has 3 aromatic carbocycles. The highest BCUT2D eigenvalue weighted by Crippen LogP contribution is 2.39. The third-order valence-corrected chi connectivity index (χ3v) is 5.32. The molecule has 0 saturated carbocycles. The van der Waals surface area contributed by atoms with Crippen LogP contribution in [0.2, 0.25) is 0 Å². The van der Waals surface area contributed by atoms with Gasteiger partial charge in [-0.05, 0) is 78.4 Å². The molecule has 96 valence electrons. The zero-order valence-corrected chi connectivity index (χ0v) is 14.1. The summed E-state index contributed by atoms with van der Waals surface area (Å²) in [6.45, 7) is 4.32. The molecular weight excluding hydrogens is 364 g/mol. The molecule has 0 saturated heterocycles. The van der Waals surface area contributed by atoms with E-state index in [0.29, 0.717) is 0 Å². The average Bonchev–Trinajstić information content (AvgIpc) is 2.44. The highest BCUT2D eigenvalue weighted by Gasteiger charge is 2.11. The van der Waals surface area contributed by atoms with Crippen LogP contribution in [-0.2, 0) is 6.42 Å². The van der Waals surface area contributed by atoms with E-state index in [1.54, 1.807) is 0 Å². The summed E-state index contributed by atoms with van der Waals surface area (Å²) in [5.74, 6) is 0. The van der Waals surface area contributed by atoms with Crippen molar-refractivity contribution in [3.63, 3.8) is 0 Å². The van der Waals surface area contributed by atoms with Crippen LogP contribution in [0.25, 0.3) is 21.5 Å². The van der Waals surface area contributed by atoms with Gasteiger partial charge < -0.3 is 0 Å². The van der Waals surface area contributed by atoms with Gasteiger partial charge in [-0.25, -0.2) is 0 Å². The van der Waals surface area contributed by atoms with Crippen LogP contribution in [0.5, 0.6) is 0 Å². The van der Waals surface area contributed by atoms with E-state index in [-0.39, 0.29) is 0 Å².